The van der Waals surface area contributed by atoms with E-state index in [9.17, 15) is 9.59 Å². The highest BCUT2D eigenvalue weighted by Gasteiger charge is 2.27. The number of ether oxygens (including phenoxy) is 1. The molecule has 1 atom stereocenters. The van der Waals surface area contributed by atoms with Gasteiger partial charge in [0, 0.05) is 32.5 Å². The summed E-state index contributed by atoms with van der Waals surface area (Å²) in [6.45, 7) is 2.67. The Morgan fingerprint density at radius 3 is 3.00 bits per heavy atom. The fourth-order valence-electron chi connectivity index (χ4n) is 1.22. The van der Waals surface area contributed by atoms with Crippen molar-refractivity contribution < 1.29 is 14.3 Å². The van der Waals surface area contributed by atoms with Crippen LogP contribution in [-0.4, -0.2) is 56.3 Å². The number of thioether (sulfide) groups is 1. The smallest absolute Gasteiger partial charge is 0.279 e. The molecule has 1 fully saturated rings. The molecular weight excluding hydrogens is 230 g/mol. The van der Waals surface area contributed by atoms with Crippen LogP contribution in [0.3, 0.4) is 0 Å². The van der Waals surface area contributed by atoms with Crippen LogP contribution < -0.4 is 16.0 Å². The largest absolute Gasteiger partial charge is 0.383 e. The number of amides is 2. The maximum atomic E-state index is 11.5. The lowest BCUT2D eigenvalue weighted by Crippen LogP contribution is -2.44. The molecule has 6 nitrogen and oxygen atoms in total. The molecule has 0 spiro atoms. The zero-order valence-electron chi connectivity index (χ0n) is 9.25. The van der Waals surface area contributed by atoms with E-state index in [-0.39, 0.29) is 17.2 Å². The van der Waals surface area contributed by atoms with Crippen molar-refractivity contribution >= 4 is 22.9 Å². The molecule has 2 amide bonds. The van der Waals surface area contributed by atoms with Gasteiger partial charge in [-0.1, -0.05) is 11.8 Å². The van der Waals surface area contributed by atoms with Gasteiger partial charge in [-0.25, -0.2) is 0 Å². The van der Waals surface area contributed by atoms with Gasteiger partial charge in [0.15, 0.2) is 0 Å². The van der Waals surface area contributed by atoms with Gasteiger partial charge in [-0.05, 0) is 0 Å². The summed E-state index contributed by atoms with van der Waals surface area (Å²) in [7, 11) is 1.64. The van der Waals surface area contributed by atoms with E-state index < -0.39 is 0 Å². The topological polar surface area (TPSA) is 79.5 Å². The average molecular weight is 247 g/mol. The minimum Gasteiger partial charge on any atom is -0.383 e. The molecule has 0 aromatic carbocycles. The Morgan fingerprint density at radius 2 is 2.38 bits per heavy atom. The van der Waals surface area contributed by atoms with Crippen LogP contribution in [0.25, 0.3) is 0 Å². The van der Waals surface area contributed by atoms with Crippen LogP contribution in [0.4, 0.5) is 4.79 Å². The van der Waals surface area contributed by atoms with E-state index in [1.807, 2.05) is 0 Å². The van der Waals surface area contributed by atoms with Crippen LogP contribution in [0, 0.1) is 0 Å². The van der Waals surface area contributed by atoms with Crippen molar-refractivity contribution in [2.45, 2.75) is 6.04 Å². The molecule has 1 heterocycles. The maximum Gasteiger partial charge on any atom is 0.279 e. The lowest BCUT2D eigenvalue weighted by molar-refractivity contribution is -0.122. The van der Waals surface area contributed by atoms with Crippen molar-refractivity contribution in [1.82, 2.24) is 16.0 Å². The van der Waals surface area contributed by atoms with Crippen molar-refractivity contribution in [2.75, 3.05) is 39.1 Å². The number of hydrogen-bond acceptors (Lipinski definition) is 5. The predicted octanol–water partition coefficient (Wildman–Crippen LogP) is -0.836. The minimum absolute atomic E-state index is 0.119. The van der Waals surface area contributed by atoms with Gasteiger partial charge in [0.05, 0.1) is 6.61 Å². The second kappa shape index (κ2) is 7.48. The van der Waals surface area contributed by atoms with Gasteiger partial charge in [-0.2, -0.15) is 0 Å². The summed E-state index contributed by atoms with van der Waals surface area (Å²) < 4.78 is 4.86. The highest BCUT2D eigenvalue weighted by Crippen LogP contribution is 2.12. The molecule has 0 aliphatic carbocycles. The molecule has 7 heteroatoms. The third kappa shape index (κ3) is 4.82. The van der Waals surface area contributed by atoms with E-state index in [0.717, 1.165) is 18.3 Å². The molecule has 0 aromatic heterocycles. The van der Waals surface area contributed by atoms with Gasteiger partial charge in [0.25, 0.3) is 5.24 Å². The van der Waals surface area contributed by atoms with Crippen LogP contribution in [-0.2, 0) is 9.53 Å². The Labute approximate surface area is 98.9 Å². The summed E-state index contributed by atoms with van der Waals surface area (Å²) in [6, 6.07) is -0.378. The maximum absolute atomic E-state index is 11.5. The Balaban J connectivity index is 2.00. The molecule has 0 bridgehead atoms. The van der Waals surface area contributed by atoms with Crippen LogP contribution in [0.1, 0.15) is 0 Å². The molecule has 1 rings (SSSR count). The molecule has 3 N–H and O–H groups in total. The third-order valence-corrected chi connectivity index (χ3v) is 2.95. The lowest BCUT2D eigenvalue weighted by Gasteiger charge is -2.10. The van der Waals surface area contributed by atoms with Crippen LogP contribution in [0.15, 0.2) is 0 Å². The Bertz CT molecular complexity index is 250. The fourth-order valence-corrected chi connectivity index (χ4v) is 2.00. The van der Waals surface area contributed by atoms with E-state index in [2.05, 4.69) is 16.0 Å². The van der Waals surface area contributed by atoms with Gasteiger partial charge in [-0.15, -0.1) is 0 Å². The molecule has 0 radical (unpaired) electrons. The van der Waals surface area contributed by atoms with Crippen LogP contribution in [0.5, 0.6) is 0 Å². The Kier molecular flexibility index (Phi) is 6.20. The first kappa shape index (κ1) is 13.3. The quantitative estimate of drug-likeness (QED) is 0.511. The second-order valence-corrected chi connectivity index (χ2v) is 4.32. The van der Waals surface area contributed by atoms with Gasteiger partial charge in [0.2, 0.25) is 5.91 Å². The first-order valence-corrected chi connectivity index (χ1v) is 6.13. The molecular formula is C9H17N3O3S. The van der Waals surface area contributed by atoms with Crippen LogP contribution in [0.2, 0.25) is 0 Å². The second-order valence-electron chi connectivity index (χ2n) is 3.33. The van der Waals surface area contributed by atoms with Crippen molar-refractivity contribution in [3.8, 4) is 0 Å². The molecule has 1 aliphatic rings. The number of methoxy groups -OCH3 is 1. The van der Waals surface area contributed by atoms with E-state index >= 15 is 0 Å². The van der Waals surface area contributed by atoms with E-state index in [0.29, 0.717) is 25.4 Å². The highest BCUT2D eigenvalue weighted by atomic mass is 32.2. The summed E-state index contributed by atoms with van der Waals surface area (Å²) in [5.41, 5.74) is 0. The molecule has 92 valence electrons. The van der Waals surface area contributed by atoms with Crippen molar-refractivity contribution in [3.63, 3.8) is 0 Å². The van der Waals surface area contributed by atoms with Gasteiger partial charge < -0.3 is 20.7 Å². The van der Waals surface area contributed by atoms with E-state index in [1.165, 1.54) is 0 Å². The number of rotatable bonds is 7. The monoisotopic (exact) mass is 247 g/mol. The molecule has 16 heavy (non-hydrogen) atoms. The summed E-state index contributed by atoms with van der Waals surface area (Å²) in [5.74, 6) is 0.397. The van der Waals surface area contributed by atoms with Gasteiger partial charge in [0.1, 0.15) is 6.04 Å². The van der Waals surface area contributed by atoms with Crippen molar-refractivity contribution in [3.05, 3.63) is 0 Å². The molecule has 0 saturated carbocycles. The Hall–Kier alpha value is -0.790. The summed E-state index contributed by atoms with van der Waals surface area (Å²) in [6.07, 6.45) is 0. The van der Waals surface area contributed by atoms with Crippen LogP contribution >= 0.6 is 11.8 Å². The third-order valence-electron chi connectivity index (χ3n) is 2.07. The molecule has 0 aromatic rings. The zero-order chi connectivity index (χ0) is 11.8. The lowest BCUT2D eigenvalue weighted by atomic mass is 10.3. The number of hydrogen-bond donors (Lipinski definition) is 3. The van der Waals surface area contributed by atoms with Gasteiger partial charge >= 0.3 is 0 Å². The van der Waals surface area contributed by atoms with E-state index in [4.69, 9.17) is 4.74 Å². The first-order chi connectivity index (χ1) is 7.74. The zero-order valence-corrected chi connectivity index (χ0v) is 10.1. The standard InChI is InChI=1S/C9H17N3O3S/c1-15-5-4-10-2-3-11-8(13)7-6-16-9(14)12-7/h7,10H,2-6H2,1H3,(H,11,13)(H,12,14)/t7-/m0/s1. The highest BCUT2D eigenvalue weighted by molar-refractivity contribution is 8.14. The summed E-state index contributed by atoms with van der Waals surface area (Å²) in [4.78, 5) is 22.3. The number of carbonyl (C=O) groups is 2. The van der Waals surface area contributed by atoms with Crippen molar-refractivity contribution in [1.29, 1.82) is 0 Å². The predicted molar refractivity (Wildman–Crippen MR) is 62.5 cm³/mol. The molecule has 1 aliphatic heterocycles. The van der Waals surface area contributed by atoms with E-state index in [1.54, 1.807) is 7.11 Å². The summed E-state index contributed by atoms with van der Waals surface area (Å²) in [5, 5.41) is 8.32. The van der Waals surface area contributed by atoms with Gasteiger partial charge in [-0.3, -0.25) is 9.59 Å². The Morgan fingerprint density at radius 1 is 1.56 bits per heavy atom. The minimum atomic E-state index is -0.378. The fraction of sp³-hybridized carbons (Fsp3) is 0.778. The normalized spacial score (nSPS) is 19.6. The first-order valence-electron chi connectivity index (χ1n) is 5.14. The molecule has 1 saturated heterocycles. The number of nitrogens with one attached hydrogen (secondary N) is 3. The SMILES string of the molecule is COCCNCCNC(=O)[C@@H]1CSC(=O)N1. The summed E-state index contributed by atoms with van der Waals surface area (Å²) >= 11 is 1.14. The molecule has 0 unspecified atom stereocenters. The van der Waals surface area contributed by atoms with Crippen molar-refractivity contribution in [2.24, 2.45) is 0 Å². The number of carbonyl (C=O) groups excluding carboxylic acids is 2. The average Bonchev–Trinajstić information content (AvgIpc) is 2.70.